The summed E-state index contributed by atoms with van der Waals surface area (Å²) in [6, 6.07) is 12.8. The Kier molecular flexibility index (Phi) is 3.06. The highest BCUT2D eigenvalue weighted by molar-refractivity contribution is 7.80. The molecule has 0 bridgehead atoms. The van der Waals surface area contributed by atoms with E-state index >= 15 is 0 Å². The van der Waals surface area contributed by atoms with Crippen molar-refractivity contribution in [3.63, 3.8) is 0 Å². The van der Waals surface area contributed by atoms with E-state index in [1.165, 1.54) is 6.34 Å². The van der Waals surface area contributed by atoms with Crippen LogP contribution in [0.5, 0.6) is 5.75 Å². The van der Waals surface area contributed by atoms with Gasteiger partial charge in [-0.3, -0.25) is 0 Å². The number of para-hydroxylation sites is 1. The monoisotopic (exact) mass is 283 g/mol. The minimum absolute atomic E-state index is 0.145. The molecule has 4 nitrogen and oxygen atoms in total. The Morgan fingerprint density at radius 3 is 2.60 bits per heavy atom. The van der Waals surface area contributed by atoms with Crippen molar-refractivity contribution in [2.45, 2.75) is 17.5 Å². The standard InChI is InChI=1S/C15H13N3OS/c1-10-6-7-11(8-14(10)20)15(16-9-17-18-15)12-4-2-3-5-13(12)19/h2-9,19-20H,1H3. The summed E-state index contributed by atoms with van der Waals surface area (Å²) in [6.45, 7) is 1.98. The van der Waals surface area contributed by atoms with Crippen molar-refractivity contribution in [3.8, 4) is 5.75 Å². The lowest BCUT2D eigenvalue weighted by molar-refractivity contribution is 0.444. The average Bonchev–Trinajstić information content (AvgIpc) is 2.93. The summed E-state index contributed by atoms with van der Waals surface area (Å²) >= 11 is 4.45. The molecule has 0 saturated heterocycles. The molecule has 1 unspecified atom stereocenters. The number of phenolic OH excluding ortho intramolecular Hbond substituents is 1. The first kappa shape index (κ1) is 12.9. The minimum Gasteiger partial charge on any atom is -0.507 e. The molecule has 1 atom stereocenters. The Labute approximate surface area is 122 Å². The van der Waals surface area contributed by atoms with Crippen LogP contribution >= 0.6 is 12.6 Å². The van der Waals surface area contributed by atoms with Crippen LogP contribution in [0.25, 0.3) is 0 Å². The van der Waals surface area contributed by atoms with E-state index < -0.39 is 5.66 Å². The third kappa shape index (κ3) is 1.91. The fourth-order valence-electron chi connectivity index (χ4n) is 2.25. The van der Waals surface area contributed by atoms with E-state index in [0.717, 1.165) is 16.0 Å². The van der Waals surface area contributed by atoms with Gasteiger partial charge in [0.2, 0.25) is 5.66 Å². The van der Waals surface area contributed by atoms with Gasteiger partial charge in [0.25, 0.3) is 0 Å². The third-order valence-corrected chi connectivity index (χ3v) is 3.87. The van der Waals surface area contributed by atoms with Crippen molar-refractivity contribution in [2.24, 2.45) is 15.2 Å². The molecule has 2 aromatic carbocycles. The average molecular weight is 283 g/mol. The van der Waals surface area contributed by atoms with E-state index in [2.05, 4.69) is 27.8 Å². The molecule has 0 aliphatic carbocycles. The lowest BCUT2D eigenvalue weighted by Gasteiger charge is -2.23. The first-order valence-corrected chi connectivity index (χ1v) is 6.62. The molecule has 0 radical (unpaired) electrons. The summed E-state index contributed by atoms with van der Waals surface area (Å²) in [5.41, 5.74) is 1.49. The zero-order valence-corrected chi connectivity index (χ0v) is 11.7. The van der Waals surface area contributed by atoms with Gasteiger partial charge in [-0.05, 0) is 24.6 Å². The maximum Gasteiger partial charge on any atom is 0.226 e. The number of hydrogen-bond donors (Lipinski definition) is 2. The summed E-state index contributed by atoms with van der Waals surface area (Å²) in [5, 5.41) is 18.3. The van der Waals surface area contributed by atoms with Crippen molar-refractivity contribution >= 4 is 19.0 Å². The lowest BCUT2D eigenvalue weighted by Crippen LogP contribution is -2.21. The number of phenols is 1. The van der Waals surface area contributed by atoms with Crippen LogP contribution in [0.2, 0.25) is 0 Å². The number of aromatic hydroxyl groups is 1. The Hall–Kier alpha value is -2.14. The van der Waals surface area contributed by atoms with Crippen molar-refractivity contribution < 1.29 is 5.11 Å². The predicted octanol–water partition coefficient (Wildman–Crippen LogP) is 3.68. The highest BCUT2D eigenvalue weighted by atomic mass is 32.1. The van der Waals surface area contributed by atoms with E-state index in [1.807, 2.05) is 31.2 Å². The Morgan fingerprint density at radius 1 is 1.15 bits per heavy atom. The summed E-state index contributed by atoms with van der Waals surface area (Å²) < 4.78 is 0. The van der Waals surface area contributed by atoms with Crippen LogP contribution in [0.3, 0.4) is 0 Å². The van der Waals surface area contributed by atoms with Gasteiger partial charge in [-0.1, -0.05) is 30.3 Å². The second-order valence-electron chi connectivity index (χ2n) is 4.65. The van der Waals surface area contributed by atoms with Crippen molar-refractivity contribution in [2.75, 3.05) is 0 Å². The fourth-order valence-corrected chi connectivity index (χ4v) is 2.46. The second kappa shape index (κ2) is 4.76. The largest absolute Gasteiger partial charge is 0.507 e. The zero-order chi connectivity index (χ0) is 14.2. The van der Waals surface area contributed by atoms with Gasteiger partial charge in [0.05, 0.1) is 0 Å². The van der Waals surface area contributed by atoms with Gasteiger partial charge in [-0.15, -0.1) is 22.9 Å². The minimum atomic E-state index is -1.02. The molecule has 0 amide bonds. The predicted molar refractivity (Wildman–Crippen MR) is 80.7 cm³/mol. The molecule has 5 heteroatoms. The van der Waals surface area contributed by atoms with E-state index in [4.69, 9.17) is 0 Å². The molecule has 0 spiro atoms. The van der Waals surface area contributed by atoms with Crippen molar-refractivity contribution in [1.29, 1.82) is 0 Å². The van der Waals surface area contributed by atoms with Crippen LogP contribution < -0.4 is 0 Å². The van der Waals surface area contributed by atoms with Crippen LogP contribution in [-0.2, 0) is 5.66 Å². The van der Waals surface area contributed by atoms with Crippen molar-refractivity contribution in [1.82, 2.24) is 0 Å². The zero-order valence-electron chi connectivity index (χ0n) is 10.9. The molecular formula is C15H13N3OS. The van der Waals surface area contributed by atoms with Crippen LogP contribution in [-0.4, -0.2) is 11.4 Å². The smallest absolute Gasteiger partial charge is 0.226 e. The Bertz CT molecular complexity index is 713. The Morgan fingerprint density at radius 2 is 1.95 bits per heavy atom. The maximum absolute atomic E-state index is 10.1. The first-order valence-electron chi connectivity index (χ1n) is 6.18. The Balaban J connectivity index is 2.24. The molecule has 0 saturated carbocycles. The van der Waals surface area contributed by atoms with Gasteiger partial charge in [0.15, 0.2) is 0 Å². The summed E-state index contributed by atoms with van der Waals surface area (Å²) in [6.07, 6.45) is 1.41. The highest BCUT2D eigenvalue weighted by Gasteiger charge is 2.38. The maximum atomic E-state index is 10.1. The number of azo groups is 1. The number of hydrogen-bond acceptors (Lipinski definition) is 5. The molecule has 1 aliphatic rings. The van der Waals surface area contributed by atoms with E-state index in [1.54, 1.807) is 18.2 Å². The van der Waals surface area contributed by atoms with Crippen LogP contribution in [0.15, 0.2) is 62.6 Å². The normalized spacial score (nSPS) is 20.5. The molecule has 0 fully saturated rings. The van der Waals surface area contributed by atoms with Gasteiger partial charge >= 0.3 is 0 Å². The molecule has 0 aromatic heterocycles. The van der Waals surface area contributed by atoms with Crippen LogP contribution in [0, 0.1) is 6.92 Å². The van der Waals surface area contributed by atoms with Crippen molar-refractivity contribution in [3.05, 3.63) is 59.2 Å². The van der Waals surface area contributed by atoms with E-state index in [-0.39, 0.29) is 5.75 Å². The first-order chi connectivity index (χ1) is 9.63. The van der Waals surface area contributed by atoms with Gasteiger partial charge in [0.1, 0.15) is 12.1 Å². The highest BCUT2D eigenvalue weighted by Crippen LogP contribution is 2.42. The number of rotatable bonds is 2. The fraction of sp³-hybridized carbons (Fsp3) is 0.133. The van der Waals surface area contributed by atoms with Gasteiger partial charge in [-0.25, -0.2) is 4.99 Å². The second-order valence-corrected chi connectivity index (χ2v) is 5.13. The van der Waals surface area contributed by atoms with Crippen LogP contribution in [0.4, 0.5) is 0 Å². The SMILES string of the molecule is Cc1ccc(C2(c3ccccc3O)N=CN=N2)cc1S. The number of thiol groups is 1. The molecular weight excluding hydrogens is 270 g/mol. The molecule has 100 valence electrons. The lowest BCUT2D eigenvalue weighted by atomic mass is 9.91. The molecule has 1 N–H and O–H groups in total. The molecule has 20 heavy (non-hydrogen) atoms. The number of benzene rings is 2. The number of nitrogens with zero attached hydrogens (tertiary/aromatic N) is 3. The topological polar surface area (TPSA) is 57.3 Å². The van der Waals surface area contributed by atoms with Gasteiger partial charge in [0, 0.05) is 16.0 Å². The van der Waals surface area contributed by atoms with Gasteiger partial charge < -0.3 is 5.11 Å². The molecule has 2 aromatic rings. The third-order valence-electron chi connectivity index (χ3n) is 3.39. The quantitative estimate of drug-likeness (QED) is 0.811. The number of aryl methyl sites for hydroxylation is 1. The summed E-state index contributed by atoms with van der Waals surface area (Å²) in [4.78, 5) is 5.24. The van der Waals surface area contributed by atoms with Crippen LogP contribution in [0.1, 0.15) is 16.7 Å². The summed E-state index contributed by atoms with van der Waals surface area (Å²) in [5.74, 6) is 0.145. The van der Waals surface area contributed by atoms with E-state index in [9.17, 15) is 5.11 Å². The number of aliphatic imine (C=N–C) groups is 1. The van der Waals surface area contributed by atoms with Gasteiger partial charge in [-0.2, -0.15) is 0 Å². The van der Waals surface area contributed by atoms with E-state index in [0.29, 0.717) is 5.56 Å². The molecule has 1 heterocycles. The molecule has 1 aliphatic heterocycles. The summed E-state index contributed by atoms with van der Waals surface area (Å²) in [7, 11) is 0. The molecule has 3 rings (SSSR count).